The van der Waals surface area contributed by atoms with Crippen LogP contribution in [0.3, 0.4) is 0 Å². The zero-order valence-corrected chi connectivity index (χ0v) is 15.2. The second kappa shape index (κ2) is 9.92. The summed E-state index contributed by atoms with van der Waals surface area (Å²) in [6.45, 7) is 4.36. The Morgan fingerprint density at radius 2 is 1.85 bits per heavy atom. The van der Waals surface area contributed by atoms with Crippen molar-refractivity contribution in [3.05, 3.63) is 35.4 Å². The van der Waals surface area contributed by atoms with Crippen LogP contribution < -0.4 is 0 Å². The van der Waals surface area contributed by atoms with Crippen LogP contribution in [0.5, 0.6) is 0 Å². The fourth-order valence-corrected chi connectivity index (χ4v) is 1.99. The molecule has 0 saturated heterocycles. The normalized spacial score (nSPS) is 16.0. The lowest BCUT2D eigenvalue weighted by Crippen LogP contribution is -2.26. The molecule has 1 aliphatic heterocycles. The number of rotatable bonds is 7. The molecular weight excluding hydrogens is 338 g/mol. The van der Waals surface area contributed by atoms with E-state index < -0.39 is 0 Å². The molecule has 0 saturated carbocycles. The summed E-state index contributed by atoms with van der Waals surface area (Å²) in [5, 5.41) is 20.0. The van der Waals surface area contributed by atoms with Crippen LogP contribution in [0.2, 0.25) is 0 Å². The van der Waals surface area contributed by atoms with Gasteiger partial charge in [-0.15, -0.1) is 0 Å². The van der Waals surface area contributed by atoms with Gasteiger partial charge in [-0.3, -0.25) is 0 Å². The Kier molecular flexibility index (Phi) is 7.29. The van der Waals surface area contributed by atoms with Crippen LogP contribution in [0.4, 0.5) is 0 Å². The number of nitrogens with zero attached hydrogens (tertiary/aromatic N) is 5. The number of hydrogen-bond donors (Lipinski definition) is 0. The van der Waals surface area contributed by atoms with Crippen LogP contribution in [-0.2, 0) is 19.2 Å². The van der Waals surface area contributed by atoms with Gasteiger partial charge in [0.25, 0.3) is 5.90 Å². The molecular formula is C17H21N5O4. The lowest BCUT2D eigenvalue weighted by atomic mass is 10.0. The largest absolute Gasteiger partial charge is 0.470 e. The second-order valence-corrected chi connectivity index (χ2v) is 5.08. The summed E-state index contributed by atoms with van der Waals surface area (Å²) in [6.07, 6.45) is 1.61. The van der Waals surface area contributed by atoms with Crippen LogP contribution in [0, 0.1) is 0 Å². The molecule has 0 aliphatic carbocycles. The average Bonchev–Trinajstić information content (AvgIpc) is 2.67. The van der Waals surface area contributed by atoms with Crippen LogP contribution in [0.15, 0.2) is 49.9 Å². The van der Waals surface area contributed by atoms with E-state index in [1.807, 2.05) is 24.3 Å². The fourth-order valence-electron chi connectivity index (χ4n) is 1.99. The molecule has 1 aromatic carbocycles. The molecule has 0 bridgehead atoms. The summed E-state index contributed by atoms with van der Waals surface area (Å²) in [4.78, 5) is 14.7. The quantitative estimate of drug-likeness (QED) is 0.550. The summed E-state index contributed by atoms with van der Waals surface area (Å²) in [7, 11) is 2.93. The van der Waals surface area contributed by atoms with E-state index in [1.54, 1.807) is 20.1 Å². The molecule has 0 amide bonds. The highest BCUT2D eigenvalue weighted by atomic mass is 16.7. The van der Waals surface area contributed by atoms with E-state index in [1.165, 1.54) is 14.2 Å². The molecule has 9 heteroatoms. The van der Waals surface area contributed by atoms with Crippen LogP contribution in [-0.4, -0.2) is 56.7 Å². The number of benzene rings is 1. The minimum atomic E-state index is 0.252. The summed E-state index contributed by atoms with van der Waals surface area (Å²) >= 11 is 0. The van der Waals surface area contributed by atoms with Crippen molar-refractivity contribution in [3.63, 3.8) is 0 Å². The highest BCUT2D eigenvalue weighted by Crippen LogP contribution is 2.12. The first-order chi connectivity index (χ1) is 12.7. The first-order valence-corrected chi connectivity index (χ1v) is 7.86. The molecule has 0 aromatic heterocycles. The van der Waals surface area contributed by atoms with Gasteiger partial charge in [-0.1, -0.05) is 34.6 Å². The van der Waals surface area contributed by atoms with Crippen molar-refractivity contribution in [2.75, 3.05) is 27.4 Å². The van der Waals surface area contributed by atoms with Gasteiger partial charge in [-0.2, -0.15) is 10.2 Å². The van der Waals surface area contributed by atoms with Crippen molar-refractivity contribution in [1.82, 2.24) is 0 Å². The van der Waals surface area contributed by atoms with Crippen molar-refractivity contribution in [3.8, 4) is 0 Å². The molecule has 0 unspecified atom stereocenters. The van der Waals surface area contributed by atoms with Gasteiger partial charge in [0, 0.05) is 11.1 Å². The van der Waals surface area contributed by atoms with Crippen molar-refractivity contribution >= 4 is 29.2 Å². The van der Waals surface area contributed by atoms with E-state index in [2.05, 4.69) is 25.7 Å². The van der Waals surface area contributed by atoms with E-state index in [9.17, 15) is 0 Å². The summed E-state index contributed by atoms with van der Waals surface area (Å²) in [5.41, 5.74) is 3.17. The lowest BCUT2D eigenvalue weighted by molar-refractivity contribution is 0.0672. The van der Waals surface area contributed by atoms with Crippen LogP contribution >= 0.6 is 0 Å². The molecule has 0 N–H and O–H groups in total. The Hall–Kier alpha value is -3.23. The van der Waals surface area contributed by atoms with E-state index >= 15 is 0 Å². The van der Waals surface area contributed by atoms with E-state index in [4.69, 9.17) is 19.2 Å². The molecule has 26 heavy (non-hydrogen) atoms. The third kappa shape index (κ3) is 5.13. The number of hydrogen-bond acceptors (Lipinski definition) is 9. The maximum Gasteiger partial charge on any atom is 0.280 e. The Labute approximate surface area is 151 Å². The molecule has 0 fully saturated rings. The standard InChI is InChI=1S/C17H21N5O4/c1-12(13(2)20-23-3)19-18-11-14-7-5-6-8-15(14)16(21-24-4)17-22-26-10-9-25-17/h5-8,11H,9-10H2,1-4H3/b18-11?,19-12?,20-13?,21-16+. The highest BCUT2D eigenvalue weighted by molar-refractivity contribution is 6.46. The third-order valence-corrected chi connectivity index (χ3v) is 3.32. The summed E-state index contributed by atoms with van der Waals surface area (Å²) < 4.78 is 5.52. The fraction of sp³-hybridized carbons (Fsp3) is 0.353. The van der Waals surface area contributed by atoms with Gasteiger partial charge in [-0.05, 0) is 19.0 Å². The SMILES string of the molecule is CON=C(C)C(C)=NN=Cc1ccccc1/C(=N\OC)C1=NOCCO1. The van der Waals surface area contributed by atoms with Gasteiger partial charge in [-0.25, -0.2) is 0 Å². The first kappa shape index (κ1) is 19.1. The van der Waals surface area contributed by atoms with E-state index in [0.29, 0.717) is 30.3 Å². The predicted octanol–water partition coefficient (Wildman–Crippen LogP) is 2.21. The Morgan fingerprint density at radius 1 is 1.08 bits per heavy atom. The third-order valence-electron chi connectivity index (χ3n) is 3.32. The molecule has 1 aliphatic rings. The zero-order valence-electron chi connectivity index (χ0n) is 15.2. The van der Waals surface area contributed by atoms with E-state index in [-0.39, 0.29) is 5.90 Å². The second-order valence-electron chi connectivity index (χ2n) is 5.08. The average molecular weight is 359 g/mol. The van der Waals surface area contributed by atoms with E-state index in [0.717, 1.165) is 11.1 Å². The Morgan fingerprint density at radius 3 is 2.54 bits per heavy atom. The molecule has 0 radical (unpaired) electrons. The highest BCUT2D eigenvalue weighted by Gasteiger charge is 2.20. The maximum atomic E-state index is 5.52. The van der Waals surface area contributed by atoms with Gasteiger partial charge in [0.1, 0.15) is 20.8 Å². The number of oxime groups is 3. The van der Waals surface area contributed by atoms with Gasteiger partial charge in [0.05, 0.1) is 17.6 Å². The van der Waals surface area contributed by atoms with Gasteiger partial charge < -0.3 is 19.2 Å². The Balaban J connectivity index is 2.33. The van der Waals surface area contributed by atoms with Crippen LogP contribution in [0.1, 0.15) is 25.0 Å². The molecule has 138 valence electrons. The molecule has 1 aromatic rings. The smallest absolute Gasteiger partial charge is 0.280 e. The minimum Gasteiger partial charge on any atom is -0.470 e. The van der Waals surface area contributed by atoms with Crippen molar-refractivity contribution in [1.29, 1.82) is 0 Å². The number of ether oxygens (including phenoxy) is 1. The molecule has 2 rings (SSSR count). The van der Waals surface area contributed by atoms with Gasteiger partial charge in [0.15, 0.2) is 12.3 Å². The minimum absolute atomic E-state index is 0.252. The van der Waals surface area contributed by atoms with Crippen molar-refractivity contribution in [2.45, 2.75) is 13.8 Å². The Bertz CT molecular complexity index is 768. The van der Waals surface area contributed by atoms with Crippen molar-refractivity contribution < 1.29 is 19.2 Å². The molecule has 0 atom stereocenters. The molecule has 1 heterocycles. The molecule has 0 spiro atoms. The van der Waals surface area contributed by atoms with Crippen molar-refractivity contribution in [2.24, 2.45) is 25.7 Å². The summed E-state index contributed by atoms with van der Waals surface area (Å²) in [6, 6.07) is 7.47. The van der Waals surface area contributed by atoms with Gasteiger partial charge >= 0.3 is 0 Å². The van der Waals surface area contributed by atoms with Gasteiger partial charge in [0.2, 0.25) is 0 Å². The van der Waals surface area contributed by atoms with Crippen LogP contribution in [0.25, 0.3) is 0 Å². The molecule has 9 nitrogen and oxygen atoms in total. The first-order valence-electron chi connectivity index (χ1n) is 7.86. The zero-order chi connectivity index (χ0) is 18.8. The monoisotopic (exact) mass is 359 g/mol. The maximum absolute atomic E-state index is 5.52. The predicted molar refractivity (Wildman–Crippen MR) is 100 cm³/mol. The summed E-state index contributed by atoms with van der Waals surface area (Å²) in [5.74, 6) is 0.252. The topological polar surface area (TPSA) is 98.7 Å². The lowest BCUT2D eigenvalue weighted by Gasteiger charge is -2.15.